The van der Waals surface area contributed by atoms with Crippen LogP contribution in [0.25, 0.3) is 0 Å². The van der Waals surface area contributed by atoms with Gasteiger partial charge < -0.3 is 5.11 Å². The van der Waals surface area contributed by atoms with Crippen LogP contribution in [0.5, 0.6) is 0 Å². The molecule has 15 heavy (non-hydrogen) atoms. The zero-order valence-electron chi connectivity index (χ0n) is 9.42. The summed E-state index contributed by atoms with van der Waals surface area (Å²) in [5.41, 5.74) is 0.0745. The van der Waals surface area contributed by atoms with Gasteiger partial charge in [-0.1, -0.05) is 13.8 Å². The minimum Gasteiger partial charge on any atom is -0.383 e. The molecular formula is C11H17BrN2O. The largest absolute Gasteiger partial charge is 0.383 e. The van der Waals surface area contributed by atoms with E-state index in [0.29, 0.717) is 0 Å². The molecule has 0 amide bonds. The van der Waals surface area contributed by atoms with Crippen LogP contribution >= 0.6 is 15.9 Å². The van der Waals surface area contributed by atoms with Gasteiger partial charge in [0.2, 0.25) is 0 Å². The van der Waals surface area contributed by atoms with E-state index in [2.05, 4.69) is 34.9 Å². The molecule has 1 aliphatic rings. The summed E-state index contributed by atoms with van der Waals surface area (Å²) < 4.78 is 2.68. The molecule has 1 N–H and O–H groups in total. The Morgan fingerprint density at radius 1 is 1.47 bits per heavy atom. The van der Waals surface area contributed by atoms with Crippen LogP contribution in [0.3, 0.4) is 0 Å². The summed E-state index contributed by atoms with van der Waals surface area (Å²) in [6, 6.07) is 0. The molecule has 84 valence electrons. The van der Waals surface area contributed by atoms with E-state index in [9.17, 15) is 5.11 Å². The zero-order valence-corrected chi connectivity index (χ0v) is 11.0. The third kappa shape index (κ3) is 1.46. The summed E-state index contributed by atoms with van der Waals surface area (Å²) in [6.45, 7) is 4.25. The van der Waals surface area contributed by atoms with Crippen molar-refractivity contribution < 1.29 is 5.11 Å². The minimum atomic E-state index is -0.753. The third-order valence-corrected chi connectivity index (χ3v) is 4.33. The van der Waals surface area contributed by atoms with Crippen LogP contribution in [-0.4, -0.2) is 14.9 Å². The van der Waals surface area contributed by atoms with Crippen LogP contribution in [-0.2, 0) is 12.6 Å². The van der Waals surface area contributed by atoms with Gasteiger partial charge in [-0.25, -0.2) is 0 Å². The van der Waals surface area contributed by atoms with Gasteiger partial charge in [0.15, 0.2) is 0 Å². The van der Waals surface area contributed by atoms with Crippen molar-refractivity contribution >= 4 is 15.9 Å². The van der Waals surface area contributed by atoms with E-state index in [0.717, 1.165) is 29.4 Å². The monoisotopic (exact) mass is 272 g/mol. The molecule has 1 fully saturated rings. The number of hydrogen-bond donors (Lipinski definition) is 1. The molecule has 2 rings (SSSR count). The van der Waals surface area contributed by atoms with Crippen molar-refractivity contribution in [1.29, 1.82) is 0 Å². The van der Waals surface area contributed by atoms with Crippen molar-refractivity contribution in [3.63, 3.8) is 0 Å². The second kappa shape index (κ2) is 3.32. The molecular weight excluding hydrogens is 256 g/mol. The molecule has 1 heterocycles. The highest BCUT2D eigenvalue weighted by atomic mass is 79.9. The number of aryl methyl sites for hydroxylation is 1. The summed E-state index contributed by atoms with van der Waals surface area (Å²) in [4.78, 5) is 0. The van der Waals surface area contributed by atoms with Gasteiger partial charge >= 0.3 is 0 Å². The third-order valence-electron chi connectivity index (χ3n) is 3.75. The Bertz CT molecular complexity index is 366. The van der Waals surface area contributed by atoms with Crippen molar-refractivity contribution in [3.05, 3.63) is 16.4 Å². The van der Waals surface area contributed by atoms with Gasteiger partial charge in [-0.05, 0) is 40.6 Å². The normalized spacial score (nSPS) is 29.7. The second-order valence-electron chi connectivity index (χ2n) is 5.06. The molecule has 0 radical (unpaired) electrons. The summed E-state index contributed by atoms with van der Waals surface area (Å²) >= 11 is 3.47. The van der Waals surface area contributed by atoms with Crippen LogP contribution in [0, 0.1) is 5.41 Å². The molecule has 0 aromatic carbocycles. The minimum absolute atomic E-state index is 0.0800. The predicted octanol–water partition coefficient (Wildman–Crippen LogP) is 2.58. The smallest absolute Gasteiger partial charge is 0.112 e. The Balaban J connectivity index is 2.55. The molecule has 0 bridgehead atoms. The number of hydrogen-bond acceptors (Lipinski definition) is 2. The molecule has 1 atom stereocenters. The topological polar surface area (TPSA) is 38.0 Å². The highest BCUT2D eigenvalue weighted by molar-refractivity contribution is 9.10. The Hall–Kier alpha value is -0.350. The maximum absolute atomic E-state index is 10.9. The average molecular weight is 273 g/mol. The summed E-state index contributed by atoms with van der Waals surface area (Å²) in [5, 5.41) is 15.0. The van der Waals surface area contributed by atoms with E-state index < -0.39 is 5.60 Å². The maximum atomic E-state index is 10.9. The quantitative estimate of drug-likeness (QED) is 0.854. The van der Waals surface area contributed by atoms with Crippen LogP contribution in [0.4, 0.5) is 0 Å². The highest BCUT2D eigenvalue weighted by Gasteiger charge is 2.51. The molecule has 1 aliphatic carbocycles. The van der Waals surface area contributed by atoms with Gasteiger partial charge in [-0.3, -0.25) is 4.68 Å². The number of rotatable bonds is 1. The highest BCUT2D eigenvalue weighted by Crippen LogP contribution is 2.53. The Kier molecular flexibility index (Phi) is 2.47. The van der Waals surface area contributed by atoms with E-state index in [-0.39, 0.29) is 5.41 Å². The van der Waals surface area contributed by atoms with Crippen molar-refractivity contribution in [2.45, 2.75) is 38.7 Å². The lowest BCUT2D eigenvalue weighted by Crippen LogP contribution is -2.39. The van der Waals surface area contributed by atoms with Crippen LogP contribution in [0.2, 0.25) is 0 Å². The maximum Gasteiger partial charge on any atom is 0.112 e. The van der Waals surface area contributed by atoms with Gasteiger partial charge in [0.05, 0.1) is 16.4 Å². The number of aromatic nitrogens is 2. The average Bonchev–Trinajstić information content (AvgIpc) is 2.56. The number of nitrogens with zero attached hydrogens (tertiary/aromatic N) is 2. The SMILES string of the molecule is Cn1ncc(Br)c1C1(O)CCCC1(C)C. The molecule has 1 aromatic heterocycles. The van der Waals surface area contributed by atoms with E-state index in [1.165, 1.54) is 0 Å². The van der Waals surface area contributed by atoms with Crippen molar-refractivity contribution in [1.82, 2.24) is 9.78 Å². The van der Waals surface area contributed by atoms with Gasteiger partial charge in [0, 0.05) is 7.05 Å². The fraction of sp³-hybridized carbons (Fsp3) is 0.727. The molecule has 1 aromatic rings. The van der Waals surface area contributed by atoms with E-state index in [4.69, 9.17) is 0 Å². The first-order chi connectivity index (χ1) is 6.88. The molecule has 0 saturated heterocycles. The lowest BCUT2D eigenvalue weighted by molar-refractivity contribution is -0.0556. The second-order valence-corrected chi connectivity index (χ2v) is 5.92. The standard InChI is InChI=1S/C11H17BrN2O/c1-10(2)5-4-6-11(10,15)9-8(12)7-13-14(9)3/h7,15H,4-6H2,1-3H3. The van der Waals surface area contributed by atoms with Gasteiger partial charge in [0.1, 0.15) is 5.60 Å². The summed E-state index contributed by atoms with van der Waals surface area (Å²) in [7, 11) is 1.88. The van der Waals surface area contributed by atoms with E-state index >= 15 is 0 Å². The van der Waals surface area contributed by atoms with Gasteiger partial charge in [0.25, 0.3) is 0 Å². The van der Waals surface area contributed by atoms with Crippen LogP contribution < -0.4 is 0 Å². The Morgan fingerprint density at radius 2 is 2.13 bits per heavy atom. The van der Waals surface area contributed by atoms with Crippen molar-refractivity contribution in [2.75, 3.05) is 0 Å². The van der Waals surface area contributed by atoms with Crippen LogP contribution in [0.15, 0.2) is 10.7 Å². The van der Waals surface area contributed by atoms with E-state index in [1.54, 1.807) is 10.9 Å². The molecule has 4 heteroatoms. The predicted molar refractivity (Wildman–Crippen MR) is 62.4 cm³/mol. The molecule has 3 nitrogen and oxygen atoms in total. The molecule has 0 spiro atoms. The molecule has 1 unspecified atom stereocenters. The Labute approximate surface area is 98.6 Å². The Morgan fingerprint density at radius 3 is 2.53 bits per heavy atom. The lowest BCUT2D eigenvalue weighted by Gasteiger charge is -2.37. The van der Waals surface area contributed by atoms with Crippen LogP contribution in [0.1, 0.15) is 38.8 Å². The van der Waals surface area contributed by atoms with Crippen molar-refractivity contribution in [3.8, 4) is 0 Å². The first-order valence-electron chi connectivity index (χ1n) is 5.29. The van der Waals surface area contributed by atoms with Gasteiger partial charge in [-0.2, -0.15) is 5.10 Å². The first-order valence-corrected chi connectivity index (χ1v) is 6.08. The summed E-state index contributed by atoms with van der Waals surface area (Å²) in [5.74, 6) is 0. The molecule has 1 saturated carbocycles. The summed E-state index contributed by atoms with van der Waals surface area (Å²) in [6.07, 6.45) is 4.70. The van der Waals surface area contributed by atoms with E-state index in [1.807, 2.05) is 7.05 Å². The lowest BCUT2D eigenvalue weighted by atomic mass is 9.76. The van der Waals surface area contributed by atoms with Crippen molar-refractivity contribution in [2.24, 2.45) is 12.5 Å². The fourth-order valence-corrected chi connectivity index (χ4v) is 3.32. The number of halogens is 1. The molecule has 0 aliphatic heterocycles. The zero-order chi connectivity index (χ0) is 11.3. The van der Waals surface area contributed by atoms with Gasteiger partial charge in [-0.15, -0.1) is 0 Å². The fourth-order valence-electron chi connectivity index (χ4n) is 2.65. The first kappa shape index (κ1) is 11.1. The number of aliphatic hydroxyl groups is 1.